The van der Waals surface area contributed by atoms with Gasteiger partial charge >= 0.3 is 0 Å². The van der Waals surface area contributed by atoms with E-state index >= 15 is 0 Å². The molecule has 3 aromatic heterocycles. The number of rotatable bonds is 5. The van der Waals surface area contributed by atoms with E-state index in [4.69, 9.17) is 24.4 Å². The standard InChI is InChI=1S/C52H31N5O/c1-3-14-32(15-4-1)49-54-50(33-27-29-47-44(30-33)41-22-11-12-25-46(41)57(47)35-16-5-2-6-17-35)56-51(55-49)42-23-13-24-45-48(42)58-52(53-45)34-26-28-40-38-20-8-7-18-36(38)37-19-9-10-21-39(37)43(40)31-34/h1-31H. The highest BCUT2D eigenvalue weighted by Crippen LogP contribution is 2.39. The second kappa shape index (κ2) is 12.8. The highest BCUT2D eigenvalue weighted by atomic mass is 16.3. The average molecular weight is 742 g/mol. The van der Waals surface area contributed by atoms with Gasteiger partial charge in [-0.1, -0.05) is 127 Å². The molecular weight excluding hydrogens is 711 g/mol. The van der Waals surface area contributed by atoms with E-state index in [2.05, 4.69) is 138 Å². The van der Waals surface area contributed by atoms with Crippen molar-refractivity contribution in [1.82, 2.24) is 24.5 Å². The molecule has 12 aromatic rings. The summed E-state index contributed by atoms with van der Waals surface area (Å²) in [5.74, 6) is 2.21. The fourth-order valence-electron chi connectivity index (χ4n) is 8.60. The summed E-state index contributed by atoms with van der Waals surface area (Å²) < 4.78 is 9.03. The lowest BCUT2D eigenvalue weighted by molar-refractivity contribution is 0.620. The van der Waals surface area contributed by atoms with Gasteiger partial charge in [0.1, 0.15) is 5.52 Å². The van der Waals surface area contributed by atoms with Crippen molar-refractivity contribution in [3.8, 4) is 51.3 Å². The molecule has 0 aliphatic carbocycles. The number of oxazole rings is 1. The molecule has 270 valence electrons. The first-order chi connectivity index (χ1) is 28.7. The molecule has 9 aromatic carbocycles. The SMILES string of the molecule is c1ccc(-c2nc(-c3ccc4c(c3)c3ccccc3n4-c3ccccc3)nc(-c3cccc4nc(-c5ccc6c7ccccc7c7ccccc7c6c5)oc34)n2)cc1. The Morgan fingerprint density at radius 3 is 1.64 bits per heavy atom. The van der Waals surface area contributed by atoms with Crippen molar-refractivity contribution in [2.75, 3.05) is 0 Å². The number of para-hydroxylation sites is 3. The number of hydrogen-bond donors (Lipinski definition) is 0. The Labute approximate surface area is 332 Å². The Morgan fingerprint density at radius 1 is 0.345 bits per heavy atom. The largest absolute Gasteiger partial charge is 0.435 e. The maximum Gasteiger partial charge on any atom is 0.227 e. The van der Waals surface area contributed by atoms with Crippen molar-refractivity contribution in [1.29, 1.82) is 0 Å². The average Bonchev–Trinajstić information content (AvgIpc) is 3.89. The van der Waals surface area contributed by atoms with E-state index in [-0.39, 0.29) is 0 Å². The van der Waals surface area contributed by atoms with Crippen molar-refractivity contribution < 1.29 is 4.42 Å². The summed E-state index contributed by atoms with van der Waals surface area (Å²) in [6.07, 6.45) is 0. The maximum absolute atomic E-state index is 6.72. The summed E-state index contributed by atoms with van der Waals surface area (Å²) in [4.78, 5) is 20.4. The van der Waals surface area contributed by atoms with E-state index in [0.29, 0.717) is 28.9 Å². The summed E-state index contributed by atoms with van der Waals surface area (Å²) >= 11 is 0. The van der Waals surface area contributed by atoms with Crippen LogP contribution in [0.3, 0.4) is 0 Å². The van der Waals surface area contributed by atoms with Crippen molar-refractivity contribution in [3.05, 3.63) is 188 Å². The van der Waals surface area contributed by atoms with E-state index in [0.717, 1.165) is 60.6 Å². The van der Waals surface area contributed by atoms with Gasteiger partial charge in [0.15, 0.2) is 23.1 Å². The summed E-state index contributed by atoms with van der Waals surface area (Å²) in [5.41, 5.74) is 8.16. The van der Waals surface area contributed by atoms with Gasteiger partial charge in [0.25, 0.3) is 0 Å². The lowest BCUT2D eigenvalue weighted by atomic mass is 9.93. The first-order valence-corrected chi connectivity index (χ1v) is 19.4. The van der Waals surface area contributed by atoms with Gasteiger partial charge in [-0.05, 0) is 93.0 Å². The van der Waals surface area contributed by atoms with Crippen LogP contribution in [0.4, 0.5) is 0 Å². The molecular formula is C52H31N5O. The molecule has 0 saturated heterocycles. The molecule has 0 radical (unpaired) electrons. The van der Waals surface area contributed by atoms with Crippen molar-refractivity contribution in [2.24, 2.45) is 0 Å². The third kappa shape index (κ3) is 5.05. The van der Waals surface area contributed by atoms with Gasteiger partial charge in [-0.2, -0.15) is 0 Å². The Bertz CT molecular complexity index is 3540. The van der Waals surface area contributed by atoms with Crippen molar-refractivity contribution in [2.45, 2.75) is 0 Å². The predicted molar refractivity (Wildman–Crippen MR) is 236 cm³/mol. The highest BCUT2D eigenvalue weighted by molar-refractivity contribution is 6.25. The van der Waals surface area contributed by atoms with Gasteiger partial charge in [-0.15, -0.1) is 0 Å². The first kappa shape index (κ1) is 32.3. The quantitative estimate of drug-likeness (QED) is 0.164. The number of nitrogens with zero attached hydrogens (tertiary/aromatic N) is 5. The van der Waals surface area contributed by atoms with E-state index in [1.54, 1.807) is 0 Å². The number of hydrogen-bond acceptors (Lipinski definition) is 5. The summed E-state index contributed by atoms with van der Waals surface area (Å²) in [6.45, 7) is 0. The Balaban J connectivity index is 1.03. The first-order valence-electron chi connectivity index (χ1n) is 19.4. The molecule has 6 nitrogen and oxygen atoms in total. The third-order valence-electron chi connectivity index (χ3n) is 11.3. The number of benzene rings is 9. The third-order valence-corrected chi connectivity index (χ3v) is 11.3. The van der Waals surface area contributed by atoms with Crippen LogP contribution < -0.4 is 0 Å². The lowest BCUT2D eigenvalue weighted by Gasteiger charge is -2.11. The highest BCUT2D eigenvalue weighted by Gasteiger charge is 2.20. The molecule has 0 fully saturated rings. The molecule has 12 rings (SSSR count). The van der Waals surface area contributed by atoms with Crippen molar-refractivity contribution >= 4 is 65.2 Å². The van der Waals surface area contributed by atoms with Gasteiger partial charge in [-0.3, -0.25) is 0 Å². The summed E-state index contributed by atoms with van der Waals surface area (Å²) in [5, 5.41) is 9.54. The molecule has 58 heavy (non-hydrogen) atoms. The molecule has 0 N–H and O–H groups in total. The molecule has 0 saturated carbocycles. The van der Waals surface area contributed by atoms with Gasteiger partial charge in [0, 0.05) is 33.2 Å². The smallest absolute Gasteiger partial charge is 0.227 e. The monoisotopic (exact) mass is 741 g/mol. The zero-order valence-electron chi connectivity index (χ0n) is 31.0. The van der Waals surface area contributed by atoms with Crippen LogP contribution in [-0.4, -0.2) is 24.5 Å². The minimum atomic E-state index is 0.514. The van der Waals surface area contributed by atoms with Crippen LogP contribution in [0, 0.1) is 0 Å². The summed E-state index contributed by atoms with van der Waals surface area (Å²) in [7, 11) is 0. The fraction of sp³-hybridized carbons (Fsp3) is 0. The molecule has 0 aliphatic rings. The van der Waals surface area contributed by atoms with Crippen LogP contribution in [0.1, 0.15) is 0 Å². The van der Waals surface area contributed by atoms with Crippen LogP contribution in [-0.2, 0) is 0 Å². The lowest BCUT2D eigenvalue weighted by Crippen LogP contribution is -2.00. The topological polar surface area (TPSA) is 69.6 Å². The second-order valence-corrected chi connectivity index (χ2v) is 14.6. The number of fused-ring (bicyclic) bond motifs is 10. The molecule has 6 heteroatoms. The molecule has 0 unspecified atom stereocenters. The van der Waals surface area contributed by atoms with Crippen LogP contribution >= 0.6 is 0 Å². The van der Waals surface area contributed by atoms with Crippen LogP contribution in [0.25, 0.3) is 117 Å². The van der Waals surface area contributed by atoms with E-state index in [1.165, 1.54) is 26.9 Å². The molecule has 0 aliphatic heterocycles. The molecule has 0 amide bonds. The molecule has 0 atom stereocenters. The Hall–Kier alpha value is -7.96. The van der Waals surface area contributed by atoms with Gasteiger partial charge < -0.3 is 8.98 Å². The normalized spacial score (nSPS) is 11.8. The minimum Gasteiger partial charge on any atom is -0.435 e. The molecule has 3 heterocycles. The molecule has 0 spiro atoms. The van der Waals surface area contributed by atoms with Crippen molar-refractivity contribution in [3.63, 3.8) is 0 Å². The fourth-order valence-corrected chi connectivity index (χ4v) is 8.60. The van der Waals surface area contributed by atoms with Gasteiger partial charge in [0.2, 0.25) is 5.89 Å². The maximum atomic E-state index is 6.72. The zero-order chi connectivity index (χ0) is 38.2. The van der Waals surface area contributed by atoms with E-state index in [9.17, 15) is 0 Å². The van der Waals surface area contributed by atoms with E-state index in [1.807, 2.05) is 54.6 Å². The second-order valence-electron chi connectivity index (χ2n) is 14.6. The van der Waals surface area contributed by atoms with Crippen LogP contribution in [0.2, 0.25) is 0 Å². The van der Waals surface area contributed by atoms with Gasteiger partial charge in [0.05, 0.1) is 16.6 Å². The predicted octanol–water partition coefficient (Wildman–Crippen LogP) is 13.2. The molecule has 0 bridgehead atoms. The Morgan fingerprint density at radius 2 is 0.897 bits per heavy atom. The van der Waals surface area contributed by atoms with Gasteiger partial charge in [-0.25, -0.2) is 19.9 Å². The Kier molecular flexibility index (Phi) is 7.13. The van der Waals surface area contributed by atoms with Crippen LogP contribution in [0.15, 0.2) is 192 Å². The number of aromatic nitrogens is 5. The van der Waals surface area contributed by atoms with E-state index < -0.39 is 0 Å². The van der Waals surface area contributed by atoms with Crippen LogP contribution in [0.5, 0.6) is 0 Å². The zero-order valence-corrected chi connectivity index (χ0v) is 31.0. The minimum absolute atomic E-state index is 0.514. The summed E-state index contributed by atoms with van der Waals surface area (Å²) in [6, 6.07) is 65.2.